The van der Waals surface area contributed by atoms with Gasteiger partial charge in [0.15, 0.2) is 0 Å². The molecule has 0 spiro atoms. The maximum absolute atomic E-state index is 12.9. The van der Waals surface area contributed by atoms with Gasteiger partial charge in [0, 0.05) is 35.2 Å². The lowest BCUT2D eigenvalue weighted by atomic mass is 9.75. The third-order valence-electron chi connectivity index (χ3n) is 5.23. The Balaban J connectivity index is 2.27. The Bertz CT molecular complexity index is 980. The highest BCUT2D eigenvalue weighted by molar-refractivity contribution is 5.99. The molecule has 0 saturated carbocycles. The molecule has 0 aromatic heterocycles. The van der Waals surface area contributed by atoms with Crippen molar-refractivity contribution in [2.75, 3.05) is 11.4 Å². The van der Waals surface area contributed by atoms with Crippen molar-refractivity contribution < 1.29 is 27.5 Å². The van der Waals surface area contributed by atoms with E-state index in [1.807, 2.05) is 26.8 Å². The quantitative estimate of drug-likeness (QED) is 0.639. The smallest absolute Gasteiger partial charge is 0.405 e. The molecule has 0 aliphatic carbocycles. The van der Waals surface area contributed by atoms with E-state index in [-0.39, 0.29) is 17.0 Å². The summed E-state index contributed by atoms with van der Waals surface area (Å²) in [5.74, 6) is -0.427. The molecule has 0 saturated heterocycles. The number of nitrogens with zero attached hydrogens (tertiary/aromatic N) is 1. The van der Waals surface area contributed by atoms with Gasteiger partial charge >= 0.3 is 6.36 Å². The first-order chi connectivity index (χ1) is 13.5. The highest BCUT2D eigenvalue weighted by atomic mass is 19.4. The zero-order valence-corrected chi connectivity index (χ0v) is 16.7. The van der Waals surface area contributed by atoms with Gasteiger partial charge in [-0.25, -0.2) is 0 Å². The minimum absolute atomic E-state index is 0.0341. The molecule has 4 nitrogen and oxygen atoms in total. The van der Waals surface area contributed by atoms with E-state index in [1.165, 1.54) is 12.1 Å². The molecule has 0 fully saturated rings. The van der Waals surface area contributed by atoms with Crippen molar-refractivity contribution >= 4 is 17.9 Å². The van der Waals surface area contributed by atoms with Crippen LogP contribution in [0, 0.1) is 6.92 Å². The topological polar surface area (TPSA) is 46.6 Å². The van der Waals surface area contributed by atoms with E-state index < -0.39 is 17.5 Å². The van der Waals surface area contributed by atoms with Gasteiger partial charge in [0.05, 0.1) is 0 Å². The zero-order valence-electron chi connectivity index (χ0n) is 16.7. The molecule has 1 aliphatic rings. The molecule has 0 radical (unpaired) electrons. The lowest BCUT2D eigenvalue weighted by Gasteiger charge is -2.39. The van der Waals surface area contributed by atoms with E-state index in [0.29, 0.717) is 30.5 Å². The lowest BCUT2D eigenvalue weighted by Crippen LogP contribution is -2.41. The molecule has 0 N–H and O–H groups in total. The van der Waals surface area contributed by atoms with Gasteiger partial charge in [-0.15, -0.1) is 13.2 Å². The second-order valence-electron chi connectivity index (χ2n) is 7.80. The number of anilines is 1. The van der Waals surface area contributed by atoms with Crippen molar-refractivity contribution in [1.29, 1.82) is 0 Å². The summed E-state index contributed by atoms with van der Waals surface area (Å²) < 4.78 is 43.0. The maximum Gasteiger partial charge on any atom is 0.573 e. The number of ether oxygens (including phenoxy) is 1. The van der Waals surface area contributed by atoms with Crippen molar-refractivity contribution in [1.82, 2.24) is 0 Å². The van der Waals surface area contributed by atoms with E-state index >= 15 is 0 Å². The number of aldehydes is 1. The van der Waals surface area contributed by atoms with Crippen molar-refractivity contribution in [2.24, 2.45) is 0 Å². The summed E-state index contributed by atoms with van der Waals surface area (Å²) in [6.45, 7) is 8.04. The molecule has 0 unspecified atom stereocenters. The minimum atomic E-state index is -4.87. The van der Waals surface area contributed by atoms with Crippen LogP contribution < -0.4 is 9.64 Å². The molecule has 1 heterocycles. The molecule has 7 heteroatoms. The number of alkyl halides is 3. The maximum atomic E-state index is 12.9. The average Bonchev–Trinajstić information content (AvgIpc) is 2.61. The zero-order chi connectivity index (χ0) is 21.6. The fourth-order valence-electron chi connectivity index (χ4n) is 3.85. The Morgan fingerprint density at radius 3 is 2.45 bits per heavy atom. The second-order valence-corrected chi connectivity index (χ2v) is 7.80. The van der Waals surface area contributed by atoms with Crippen LogP contribution in [0.25, 0.3) is 11.1 Å². The van der Waals surface area contributed by atoms with E-state index in [4.69, 9.17) is 0 Å². The van der Waals surface area contributed by atoms with Crippen molar-refractivity contribution in [3.05, 3.63) is 47.0 Å². The summed E-state index contributed by atoms with van der Waals surface area (Å²) in [5.41, 5.74) is 2.84. The number of benzene rings is 2. The first-order valence-electron chi connectivity index (χ1n) is 9.27. The summed E-state index contributed by atoms with van der Waals surface area (Å²) in [6, 6.07) is 7.41. The first kappa shape index (κ1) is 20.9. The molecular weight excluding hydrogens is 383 g/mol. The van der Waals surface area contributed by atoms with Crippen LogP contribution in [0.5, 0.6) is 5.75 Å². The van der Waals surface area contributed by atoms with Crippen LogP contribution in [0.1, 0.15) is 48.7 Å². The Labute approximate surface area is 167 Å². The third-order valence-corrected chi connectivity index (χ3v) is 5.23. The standard InChI is InChI=1S/C22H22F3NO3/c1-5-26-18-10-15(13(2)8-17(18)21(3,4)11-20(26)28)16-9-14(12-27)6-7-19(16)29-22(23,24)25/h6-10,12H,5,11H2,1-4H3. The van der Waals surface area contributed by atoms with Gasteiger partial charge in [-0.1, -0.05) is 19.9 Å². The van der Waals surface area contributed by atoms with Crippen molar-refractivity contribution in [3.63, 3.8) is 0 Å². The van der Waals surface area contributed by atoms with Gasteiger partial charge < -0.3 is 9.64 Å². The normalized spacial score (nSPS) is 15.8. The lowest BCUT2D eigenvalue weighted by molar-refractivity contribution is -0.274. The number of carbonyl (C=O) groups is 2. The predicted octanol–water partition coefficient (Wildman–Crippen LogP) is 5.41. The van der Waals surface area contributed by atoms with Crippen LogP contribution in [-0.2, 0) is 10.2 Å². The number of hydrogen-bond acceptors (Lipinski definition) is 3. The number of halogens is 3. The molecule has 0 atom stereocenters. The number of aryl methyl sites for hydroxylation is 1. The summed E-state index contributed by atoms with van der Waals surface area (Å²) >= 11 is 0. The highest BCUT2D eigenvalue weighted by Crippen LogP contribution is 2.45. The number of carbonyl (C=O) groups excluding carboxylic acids is 2. The Morgan fingerprint density at radius 1 is 1.17 bits per heavy atom. The van der Waals surface area contributed by atoms with Gasteiger partial charge in [-0.05, 0) is 54.8 Å². The minimum Gasteiger partial charge on any atom is -0.405 e. The Hall–Kier alpha value is -2.83. The van der Waals surface area contributed by atoms with E-state index in [9.17, 15) is 22.8 Å². The van der Waals surface area contributed by atoms with Gasteiger partial charge in [0.25, 0.3) is 0 Å². The molecule has 154 valence electrons. The van der Waals surface area contributed by atoms with E-state index in [0.717, 1.165) is 17.2 Å². The molecule has 3 rings (SSSR count). The second kappa shape index (κ2) is 7.21. The van der Waals surface area contributed by atoms with Crippen LogP contribution in [-0.4, -0.2) is 25.1 Å². The van der Waals surface area contributed by atoms with Gasteiger partial charge in [-0.3, -0.25) is 9.59 Å². The fraction of sp³-hybridized carbons (Fsp3) is 0.364. The van der Waals surface area contributed by atoms with Crippen LogP contribution in [0.3, 0.4) is 0 Å². The molecule has 2 aromatic rings. The number of rotatable bonds is 4. The van der Waals surface area contributed by atoms with Gasteiger partial charge in [-0.2, -0.15) is 0 Å². The predicted molar refractivity (Wildman–Crippen MR) is 104 cm³/mol. The number of hydrogen-bond donors (Lipinski definition) is 0. The Kier molecular flexibility index (Phi) is 5.19. The monoisotopic (exact) mass is 405 g/mol. The SMILES string of the molecule is CCN1C(=O)CC(C)(C)c2cc(C)c(-c3cc(C=O)ccc3OC(F)(F)F)cc21. The van der Waals surface area contributed by atoms with Gasteiger partial charge in [0.2, 0.25) is 5.91 Å². The van der Waals surface area contributed by atoms with Crippen LogP contribution in [0.4, 0.5) is 18.9 Å². The highest BCUT2D eigenvalue weighted by Gasteiger charge is 2.37. The molecule has 0 bridgehead atoms. The summed E-state index contributed by atoms with van der Waals surface area (Å²) in [5, 5.41) is 0. The Morgan fingerprint density at radius 2 is 1.86 bits per heavy atom. The first-order valence-corrected chi connectivity index (χ1v) is 9.27. The average molecular weight is 405 g/mol. The largest absolute Gasteiger partial charge is 0.573 e. The summed E-state index contributed by atoms with van der Waals surface area (Å²) in [4.78, 5) is 25.4. The van der Waals surface area contributed by atoms with E-state index in [1.54, 1.807) is 17.9 Å². The summed E-state index contributed by atoms with van der Waals surface area (Å²) in [6.07, 6.45) is -3.94. The third kappa shape index (κ3) is 3.99. The number of amides is 1. The molecule has 1 aliphatic heterocycles. The fourth-order valence-corrected chi connectivity index (χ4v) is 3.85. The molecular formula is C22H22F3NO3. The molecule has 29 heavy (non-hydrogen) atoms. The van der Waals surface area contributed by atoms with Crippen molar-refractivity contribution in [3.8, 4) is 16.9 Å². The summed E-state index contributed by atoms with van der Waals surface area (Å²) in [7, 11) is 0. The van der Waals surface area contributed by atoms with Crippen molar-refractivity contribution in [2.45, 2.75) is 45.9 Å². The molecule has 1 amide bonds. The van der Waals surface area contributed by atoms with Crippen LogP contribution >= 0.6 is 0 Å². The molecule has 2 aromatic carbocycles. The van der Waals surface area contributed by atoms with E-state index in [2.05, 4.69) is 4.74 Å². The van der Waals surface area contributed by atoms with Crippen LogP contribution in [0.2, 0.25) is 0 Å². The van der Waals surface area contributed by atoms with Crippen LogP contribution in [0.15, 0.2) is 30.3 Å². The number of fused-ring (bicyclic) bond motifs is 1. The van der Waals surface area contributed by atoms with Gasteiger partial charge in [0.1, 0.15) is 12.0 Å².